The number of nitrogens with zero attached hydrogens (tertiary/aromatic N) is 4. The minimum absolute atomic E-state index is 0.199. The van der Waals surface area contributed by atoms with Crippen LogP contribution in [0.3, 0.4) is 0 Å². The van der Waals surface area contributed by atoms with Crippen molar-refractivity contribution < 1.29 is 9.59 Å². The van der Waals surface area contributed by atoms with E-state index in [1.807, 2.05) is 37.3 Å². The lowest BCUT2D eigenvalue weighted by Crippen LogP contribution is -2.54. The van der Waals surface area contributed by atoms with Gasteiger partial charge in [0, 0.05) is 24.7 Å². The molecule has 0 radical (unpaired) electrons. The molecule has 2 aliphatic heterocycles. The maximum Gasteiger partial charge on any atom is 0.329 e. The first kappa shape index (κ1) is 20.7. The number of imide groups is 1. The Balaban J connectivity index is 1.34. The van der Waals surface area contributed by atoms with Crippen molar-refractivity contribution in [3.8, 4) is 5.69 Å². The van der Waals surface area contributed by atoms with Crippen molar-refractivity contribution in [3.63, 3.8) is 0 Å². The second kappa shape index (κ2) is 8.07. The van der Waals surface area contributed by atoms with Gasteiger partial charge in [-0.2, -0.15) is 5.10 Å². The molecule has 5 rings (SSSR count). The summed E-state index contributed by atoms with van der Waals surface area (Å²) >= 11 is 6.11. The lowest BCUT2D eigenvalue weighted by molar-refractivity contribution is -0.123. The lowest BCUT2D eigenvalue weighted by Gasteiger charge is -2.37. The van der Waals surface area contributed by atoms with Gasteiger partial charge in [0.05, 0.1) is 23.3 Å². The van der Waals surface area contributed by atoms with Crippen molar-refractivity contribution >= 4 is 29.2 Å². The summed E-state index contributed by atoms with van der Waals surface area (Å²) in [6, 6.07) is 17.2. The maximum absolute atomic E-state index is 13.5. The maximum atomic E-state index is 13.5. The summed E-state index contributed by atoms with van der Waals surface area (Å²) in [6.07, 6.45) is 2.74. The predicted octanol–water partition coefficient (Wildman–Crippen LogP) is 3.93. The van der Waals surface area contributed by atoms with Crippen LogP contribution in [-0.2, 0) is 11.3 Å². The topological polar surface area (TPSA) is 70.5 Å². The first-order valence-electron chi connectivity index (χ1n) is 10.7. The van der Waals surface area contributed by atoms with Gasteiger partial charge < -0.3 is 5.32 Å². The molecule has 0 atom stereocenters. The highest BCUT2D eigenvalue weighted by molar-refractivity contribution is 6.30. The Labute approximate surface area is 191 Å². The van der Waals surface area contributed by atoms with Crippen LogP contribution in [0.25, 0.3) is 5.69 Å². The van der Waals surface area contributed by atoms with Gasteiger partial charge in [-0.3, -0.25) is 9.69 Å². The number of urea groups is 1. The van der Waals surface area contributed by atoms with E-state index in [9.17, 15) is 9.59 Å². The van der Waals surface area contributed by atoms with Crippen LogP contribution >= 0.6 is 11.6 Å². The van der Waals surface area contributed by atoms with Crippen molar-refractivity contribution in [1.82, 2.24) is 20.0 Å². The number of piperidine rings is 1. The van der Waals surface area contributed by atoms with E-state index in [2.05, 4.69) is 27.4 Å². The van der Waals surface area contributed by atoms with E-state index < -0.39 is 5.54 Å². The Bertz CT molecular complexity index is 1170. The molecular weight excluding hydrogens is 426 g/mol. The van der Waals surface area contributed by atoms with Crippen molar-refractivity contribution in [2.45, 2.75) is 31.8 Å². The van der Waals surface area contributed by atoms with Gasteiger partial charge in [0.1, 0.15) is 5.54 Å². The first-order chi connectivity index (χ1) is 15.5. The zero-order chi connectivity index (χ0) is 22.3. The fourth-order valence-corrected chi connectivity index (χ4v) is 4.79. The number of carbonyl (C=O) groups excluding carboxylic acids is 2. The Morgan fingerprint density at radius 1 is 1.06 bits per heavy atom. The highest BCUT2D eigenvalue weighted by Crippen LogP contribution is 2.34. The smallest absolute Gasteiger partial charge is 0.323 e. The van der Waals surface area contributed by atoms with Crippen molar-refractivity contribution in [2.75, 3.05) is 18.0 Å². The number of hydrogen-bond donors (Lipinski definition) is 1. The minimum Gasteiger partial charge on any atom is -0.323 e. The van der Waals surface area contributed by atoms with Crippen LogP contribution in [0.1, 0.15) is 24.1 Å². The monoisotopic (exact) mass is 449 g/mol. The van der Waals surface area contributed by atoms with Gasteiger partial charge in [-0.05, 0) is 43.5 Å². The third-order valence-corrected chi connectivity index (χ3v) is 6.63. The molecule has 2 saturated heterocycles. The fourth-order valence-electron chi connectivity index (χ4n) is 4.60. The van der Waals surface area contributed by atoms with E-state index in [0.717, 1.165) is 25.3 Å². The second-order valence-electron chi connectivity index (χ2n) is 8.42. The Hall–Kier alpha value is -3.16. The largest absolute Gasteiger partial charge is 0.329 e. The number of carbonyl (C=O) groups is 2. The lowest BCUT2D eigenvalue weighted by atomic mass is 9.87. The Morgan fingerprint density at radius 3 is 2.53 bits per heavy atom. The Kier molecular flexibility index (Phi) is 5.23. The van der Waals surface area contributed by atoms with Crippen molar-refractivity contribution in [3.05, 3.63) is 77.1 Å². The number of amides is 3. The van der Waals surface area contributed by atoms with Crippen molar-refractivity contribution in [2.24, 2.45) is 0 Å². The highest BCUT2D eigenvalue weighted by atomic mass is 35.5. The zero-order valence-electron chi connectivity index (χ0n) is 17.8. The van der Waals surface area contributed by atoms with Gasteiger partial charge in [-0.15, -0.1) is 0 Å². The summed E-state index contributed by atoms with van der Waals surface area (Å²) in [4.78, 5) is 30.0. The molecule has 2 aromatic carbocycles. The number of anilines is 1. The molecule has 8 heteroatoms. The molecule has 3 aromatic rings. The molecule has 3 heterocycles. The highest BCUT2D eigenvalue weighted by Gasteiger charge is 2.53. The molecule has 0 aliphatic carbocycles. The fraction of sp³-hybridized carbons (Fsp3) is 0.292. The average molecular weight is 450 g/mol. The van der Waals surface area contributed by atoms with Gasteiger partial charge in [0.2, 0.25) is 0 Å². The molecule has 7 nitrogen and oxygen atoms in total. The summed E-state index contributed by atoms with van der Waals surface area (Å²) in [5.74, 6) is -0.199. The minimum atomic E-state index is -0.852. The van der Waals surface area contributed by atoms with Gasteiger partial charge in [-0.1, -0.05) is 48.0 Å². The molecule has 1 N–H and O–H groups in total. The number of halogens is 1. The van der Waals surface area contributed by atoms with Crippen molar-refractivity contribution in [1.29, 1.82) is 0 Å². The molecule has 32 heavy (non-hydrogen) atoms. The molecule has 1 aromatic heterocycles. The molecule has 2 aliphatic rings. The van der Waals surface area contributed by atoms with E-state index in [1.54, 1.807) is 23.0 Å². The molecule has 1 spiro atoms. The van der Waals surface area contributed by atoms with E-state index in [0.29, 0.717) is 29.2 Å². The average Bonchev–Trinajstić information content (AvgIpc) is 3.27. The molecule has 0 bridgehead atoms. The molecule has 0 saturated carbocycles. The van der Waals surface area contributed by atoms with E-state index in [4.69, 9.17) is 11.6 Å². The normalized spacial score (nSPS) is 18.4. The van der Waals surface area contributed by atoms with Crippen LogP contribution in [0.2, 0.25) is 5.02 Å². The molecule has 164 valence electrons. The number of benzene rings is 2. The number of aromatic nitrogens is 2. The van der Waals surface area contributed by atoms with Gasteiger partial charge in [-0.25, -0.2) is 14.4 Å². The summed E-state index contributed by atoms with van der Waals surface area (Å²) in [7, 11) is 0. The summed E-state index contributed by atoms with van der Waals surface area (Å²) in [5, 5.41) is 7.99. The summed E-state index contributed by atoms with van der Waals surface area (Å²) < 4.78 is 1.69. The number of hydrogen-bond acceptors (Lipinski definition) is 4. The number of likely N-dealkylation sites (tertiary alicyclic amines) is 1. The van der Waals surface area contributed by atoms with Gasteiger partial charge >= 0.3 is 6.03 Å². The predicted molar refractivity (Wildman–Crippen MR) is 123 cm³/mol. The first-order valence-corrected chi connectivity index (χ1v) is 11.1. The quantitative estimate of drug-likeness (QED) is 0.613. The van der Waals surface area contributed by atoms with Gasteiger partial charge in [0.25, 0.3) is 5.91 Å². The molecule has 2 fully saturated rings. The van der Waals surface area contributed by atoms with Crippen LogP contribution in [0.5, 0.6) is 0 Å². The number of rotatable bonds is 4. The summed E-state index contributed by atoms with van der Waals surface area (Å²) in [5.41, 5.74) is 2.37. The standard InChI is InChI=1S/C24H24ClN5O2/c1-17-21(15-26-30(17)20-9-5-8-19(25)14-20)29-22(31)24(27-23(29)32)10-12-28(13-11-24)16-18-6-3-2-4-7-18/h2-9,14-15H,10-13,16H2,1H3,(H,27,32). The SMILES string of the molecule is Cc1c(N2C(=O)NC3(CCN(Cc4ccccc4)CC3)C2=O)cnn1-c1cccc(Cl)c1. The zero-order valence-corrected chi connectivity index (χ0v) is 18.5. The van der Waals surface area contributed by atoms with E-state index >= 15 is 0 Å². The molecule has 0 unspecified atom stereocenters. The third-order valence-electron chi connectivity index (χ3n) is 6.40. The van der Waals surface area contributed by atoms with E-state index in [1.165, 1.54) is 10.5 Å². The second-order valence-corrected chi connectivity index (χ2v) is 8.86. The summed E-state index contributed by atoms with van der Waals surface area (Å²) in [6.45, 7) is 4.18. The number of nitrogens with one attached hydrogen (secondary N) is 1. The van der Waals surface area contributed by atoms with Crippen LogP contribution in [0, 0.1) is 6.92 Å². The Morgan fingerprint density at radius 2 is 1.81 bits per heavy atom. The third kappa shape index (κ3) is 3.57. The van der Waals surface area contributed by atoms with Crippen LogP contribution in [0.15, 0.2) is 60.8 Å². The molecular formula is C24H24ClN5O2. The van der Waals surface area contributed by atoms with Crippen LogP contribution in [0.4, 0.5) is 10.5 Å². The van der Waals surface area contributed by atoms with Crippen LogP contribution < -0.4 is 10.2 Å². The van der Waals surface area contributed by atoms with Crippen LogP contribution in [-0.4, -0.2) is 45.2 Å². The van der Waals surface area contributed by atoms with Gasteiger partial charge in [0.15, 0.2) is 0 Å². The van der Waals surface area contributed by atoms with E-state index in [-0.39, 0.29) is 11.9 Å². The molecule has 3 amide bonds.